The zero-order valence-corrected chi connectivity index (χ0v) is 10.9. The molecule has 1 aliphatic rings. The van der Waals surface area contributed by atoms with Crippen molar-refractivity contribution in [3.63, 3.8) is 0 Å². The maximum Gasteiger partial charge on any atom is 0.130 e. The maximum atomic E-state index is 13.9. The van der Waals surface area contributed by atoms with Gasteiger partial charge in [-0.2, -0.15) is 0 Å². The minimum Gasteiger partial charge on any atom is -0.493 e. The Kier molecular flexibility index (Phi) is 3.40. The molecule has 1 aliphatic heterocycles. The van der Waals surface area contributed by atoms with Gasteiger partial charge in [0.15, 0.2) is 0 Å². The van der Waals surface area contributed by atoms with Crippen LogP contribution in [-0.4, -0.2) is 6.61 Å². The van der Waals surface area contributed by atoms with E-state index in [1.165, 1.54) is 18.2 Å². The molecule has 0 aliphatic carbocycles. The van der Waals surface area contributed by atoms with Crippen LogP contribution in [0.1, 0.15) is 29.5 Å². The fourth-order valence-electron chi connectivity index (χ4n) is 2.77. The van der Waals surface area contributed by atoms with Crippen molar-refractivity contribution >= 4 is 0 Å². The summed E-state index contributed by atoms with van der Waals surface area (Å²) in [6.07, 6.45) is 0.645. The van der Waals surface area contributed by atoms with Crippen molar-refractivity contribution in [1.82, 2.24) is 0 Å². The van der Waals surface area contributed by atoms with Crippen LogP contribution < -0.4 is 10.5 Å². The van der Waals surface area contributed by atoms with E-state index in [-0.39, 0.29) is 11.5 Å². The molecule has 4 heteroatoms. The zero-order valence-electron chi connectivity index (χ0n) is 10.9. The van der Waals surface area contributed by atoms with E-state index in [0.717, 1.165) is 11.3 Å². The molecule has 0 amide bonds. The first-order chi connectivity index (χ1) is 9.68. The number of benzene rings is 2. The smallest absolute Gasteiger partial charge is 0.130 e. The van der Waals surface area contributed by atoms with Crippen LogP contribution in [0.5, 0.6) is 5.75 Å². The lowest BCUT2D eigenvalue weighted by Crippen LogP contribution is -2.27. The molecule has 0 spiro atoms. The highest BCUT2D eigenvalue weighted by molar-refractivity contribution is 5.40. The van der Waals surface area contributed by atoms with Crippen LogP contribution in [0.15, 0.2) is 42.5 Å². The molecule has 0 saturated carbocycles. The van der Waals surface area contributed by atoms with Crippen LogP contribution in [0.3, 0.4) is 0 Å². The number of halogens is 2. The van der Waals surface area contributed by atoms with Gasteiger partial charge in [0.1, 0.15) is 17.4 Å². The molecule has 1 heterocycles. The van der Waals surface area contributed by atoms with Crippen LogP contribution in [0.2, 0.25) is 0 Å². The molecule has 0 radical (unpaired) electrons. The van der Waals surface area contributed by atoms with Crippen molar-refractivity contribution in [2.45, 2.75) is 18.4 Å². The number of fused-ring (bicyclic) bond motifs is 1. The van der Waals surface area contributed by atoms with E-state index >= 15 is 0 Å². The lowest BCUT2D eigenvalue weighted by molar-refractivity contribution is 0.253. The topological polar surface area (TPSA) is 35.2 Å². The summed E-state index contributed by atoms with van der Waals surface area (Å²) in [5.41, 5.74) is 7.01. The summed E-state index contributed by atoms with van der Waals surface area (Å²) in [6.45, 7) is 0.505. The van der Waals surface area contributed by atoms with E-state index in [1.807, 2.05) is 24.3 Å². The molecule has 2 aromatic rings. The highest BCUT2D eigenvalue weighted by Gasteiger charge is 2.30. The Morgan fingerprint density at radius 1 is 1.05 bits per heavy atom. The van der Waals surface area contributed by atoms with E-state index in [4.69, 9.17) is 10.5 Å². The molecular formula is C16H15F2NO. The maximum absolute atomic E-state index is 13.9. The number of hydrogen-bond acceptors (Lipinski definition) is 2. The van der Waals surface area contributed by atoms with Gasteiger partial charge in [-0.1, -0.05) is 24.3 Å². The van der Waals surface area contributed by atoms with Crippen molar-refractivity contribution in [3.8, 4) is 5.75 Å². The number of hydrogen-bond donors (Lipinski definition) is 1. The lowest BCUT2D eigenvalue weighted by atomic mass is 9.83. The molecule has 2 atom stereocenters. The van der Waals surface area contributed by atoms with Crippen LogP contribution in [0.25, 0.3) is 0 Å². The second-order valence-electron chi connectivity index (χ2n) is 4.94. The van der Waals surface area contributed by atoms with Crippen LogP contribution in [0.4, 0.5) is 8.78 Å². The molecule has 0 bridgehead atoms. The summed E-state index contributed by atoms with van der Waals surface area (Å²) < 4.78 is 33.3. The van der Waals surface area contributed by atoms with Gasteiger partial charge in [-0.15, -0.1) is 0 Å². The number of para-hydroxylation sites is 1. The molecule has 0 aromatic heterocycles. The largest absolute Gasteiger partial charge is 0.493 e. The molecule has 0 saturated heterocycles. The predicted octanol–water partition coefficient (Wildman–Crippen LogP) is 3.53. The average molecular weight is 275 g/mol. The Labute approximate surface area is 116 Å². The van der Waals surface area contributed by atoms with Gasteiger partial charge in [-0.3, -0.25) is 0 Å². The van der Waals surface area contributed by atoms with Crippen LogP contribution in [-0.2, 0) is 0 Å². The molecular weight excluding hydrogens is 260 g/mol. The van der Waals surface area contributed by atoms with Crippen molar-refractivity contribution in [3.05, 3.63) is 65.2 Å². The van der Waals surface area contributed by atoms with E-state index in [2.05, 4.69) is 0 Å². The van der Waals surface area contributed by atoms with Gasteiger partial charge in [0.25, 0.3) is 0 Å². The van der Waals surface area contributed by atoms with Gasteiger partial charge in [0.2, 0.25) is 0 Å². The third kappa shape index (κ3) is 2.16. The highest BCUT2D eigenvalue weighted by Crippen LogP contribution is 2.41. The zero-order chi connectivity index (χ0) is 14.1. The van der Waals surface area contributed by atoms with E-state index in [1.54, 1.807) is 0 Å². The summed E-state index contributed by atoms with van der Waals surface area (Å²) in [4.78, 5) is 0. The minimum atomic E-state index is -0.721. The Bertz CT molecular complexity index is 609. The Morgan fingerprint density at radius 2 is 1.75 bits per heavy atom. The minimum absolute atomic E-state index is 0.0470. The molecule has 2 N–H and O–H groups in total. The van der Waals surface area contributed by atoms with Crippen molar-refractivity contribution in [2.24, 2.45) is 5.73 Å². The average Bonchev–Trinajstić information content (AvgIpc) is 2.46. The van der Waals surface area contributed by atoms with Gasteiger partial charge in [-0.25, -0.2) is 8.78 Å². The first kappa shape index (κ1) is 13.1. The van der Waals surface area contributed by atoms with E-state index < -0.39 is 17.7 Å². The Balaban J connectivity index is 2.02. The van der Waals surface area contributed by atoms with Crippen molar-refractivity contribution < 1.29 is 13.5 Å². The Morgan fingerprint density at radius 3 is 2.50 bits per heavy atom. The standard InChI is InChI=1S/C16H15F2NO/c17-12-5-3-6-13(18)15(12)16(19)11-8-9-20-14-7-2-1-4-10(11)14/h1-7,11,16H,8-9,19H2. The van der Waals surface area contributed by atoms with Gasteiger partial charge < -0.3 is 10.5 Å². The molecule has 3 rings (SSSR count). The van der Waals surface area contributed by atoms with Gasteiger partial charge in [-0.05, 0) is 30.2 Å². The third-order valence-corrected chi connectivity index (χ3v) is 3.77. The fourth-order valence-corrected chi connectivity index (χ4v) is 2.77. The summed E-state index contributed by atoms with van der Waals surface area (Å²) >= 11 is 0. The number of rotatable bonds is 2. The molecule has 2 unspecified atom stereocenters. The summed E-state index contributed by atoms with van der Waals surface area (Å²) in [7, 11) is 0. The van der Waals surface area contributed by atoms with E-state index in [0.29, 0.717) is 13.0 Å². The molecule has 20 heavy (non-hydrogen) atoms. The Hall–Kier alpha value is -1.94. The van der Waals surface area contributed by atoms with Gasteiger partial charge >= 0.3 is 0 Å². The summed E-state index contributed by atoms with van der Waals surface area (Å²) in [5.74, 6) is -0.592. The van der Waals surface area contributed by atoms with Crippen LogP contribution >= 0.6 is 0 Å². The number of ether oxygens (including phenoxy) is 1. The third-order valence-electron chi connectivity index (χ3n) is 3.77. The monoisotopic (exact) mass is 275 g/mol. The second kappa shape index (κ2) is 5.21. The van der Waals surface area contributed by atoms with E-state index in [9.17, 15) is 8.78 Å². The lowest BCUT2D eigenvalue weighted by Gasteiger charge is -2.30. The predicted molar refractivity (Wildman–Crippen MR) is 72.6 cm³/mol. The SMILES string of the molecule is NC(c1c(F)cccc1F)C1CCOc2ccccc21. The first-order valence-electron chi connectivity index (χ1n) is 6.59. The fraction of sp³-hybridized carbons (Fsp3) is 0.250. The normalized spacial score (nSPS) is 19.1. The van der Waals surface area contributed by atoms with Gasteiger partial charge in [0.05, 0.1) is 6.61 Å². The molecule has 104 valence electrons. The molecule has 2 aromatic carbocycles. The van der Waals surface area contributed by atoms with Crippen molar-refractivity contribution in [1.29, 1.82) is 0 Å². The summed E-state index contributed by atoms with van der Waals surface area (Å²) in [6, 6.07) is 10.6. The number of nitrogens with two attached hydrogens (primary N) is 1. The molecule has 0 fully saturated rings. The first-order valence-corrected chi connectivity index (χ1v) is 6.59. The van der Waals surface area contributed by atoms with Crippen molar-refractivity contribution in [2.75, 3.05) is 6.61 Å². The second-order valence-corrected chi connectivity index (χ2v) is 4.94. The quantitative estimate of drug-likeness (QED) is 0.910. The highest BCUT2D eigenvalue weighted by atomic mass is 19.1. The van der Waals surface area contributed by atoms with Gasteiger partial charge in [0, 0.05) is 17.5 Å². The van der Waals surface area contributed by atoms with Crippen LogP contribution in [0, 0.1) is 11.6 Å². The molecule has 2 nitrogen and oxygen atoms in total. The summed E-state index contributed by atoms with van der Waals surface area (Å²) in [5, 5.41) is 0.